The van der Waals surface area contributed by atoms with Crippen LogP contribution in [0.5, 0.6) is 0 Å². The minimum absolute atomic E-state index is 0.240. The molecule has 0 aliphatic carbocycles. The summed E-state index contributed by atoms with van der Waals surface area (Å²) >= 11 is 1.71. The predicted octanol–water partition coefficient (Wildman–Crippen LogP) is 3.11. The Hall–Kier alpha value is -1.66. The number of rotatable bonds is 3. The van der Waals surface area contributed by atoms with Crippen LogP contribution in [0.1, 0.15) is 30.5 Å². The lowest BCUT2D eigenvalue weighted by Gasteiger charge is -2.36. The first kappa shape index (κ1) is 14.9. The zero-order valence-corrected chi connectivity index (χ0v) is 14.4. The molecule has 0 aromatic carbocycles. The highest BCUT2D eigenvalue weighted by Gasteiger charge is 2.34. The topological polar surface area (TPSA) is 41.0 Å². The molecule has 0 N–H and O–H groups in total. The van der Waals surface area contributed by atoms with Gasteiger partial charge in [-0.3, -0.25) is 4.99 Å². The van der Waals surface area contributed by atoms with Gasteiger partial charge in [0.15, 0.2) is 0 Å². The second-order valence-corrected chi connectivity index (χ2v) is 7.42. The van der Waals surface area contributed by atoms with Gasteiger partial charge in [0.1, 0.15) is 6.17 Å². The van der Waals surface area contributed by atoms with Crippen molar-refractivity contribution in [3.8, 4) is 0 Å². The molecule has 0 bridgehead atoms. The normalized spacial score (nSPS) is 24.7. The predicted molar refractivity (Wildman–Crippen MR) is 91.9 cm³/mol. The summed E-state index contributed by atoms with van der Waals surface area (Å²) in [5.41, 5.74) is 3.54. The first-order valence-electron chi connectivity index (χ1n) is 8.18. The van der Waals surface area contributed by atoms with E-state index in [0.717, 1.165) is 43.3 Å². The van der Waals surface area contributed by atoms with E-state index in [2.05, 4.69) is 46.4 Å². The van der Waals surface area contributed by atoms with Crippen LogP contribution >= 0.6 is 11.3 Å². The molecule has 0 spiro atoms. The van der Waals surface area contributed by atoms with Crippen LogP contribution in [-0.4, -0.2) is 40.4 Å². The van der Waals surface area contributed by atoms with Gasteiger partial charge in [0.05, 0.1) is 22.9 Å². The van der Waals surface area contributed by atoms with Gasteiger partial charge in [0.2, 0.25) is 0 Å². The number of hydrogen-bond acceptors (Lipinski definition) is 6. The summed E-state index contributed by atoms with van der Waals surface area (Å²) in [5, 5.41) is 3.26. The zero-order chi connectivity index (χ0) is 15.8. The van der Waals surface area contributed by atoms with E-state index in [1.165, 1.54) is 11.4 Å². The van der Waals surface area contributed by atoms with Gasteiger partial charge in [-0.15, -0.1) is 11.3 Å². The van der Waals surface area contributed by atoms with Crippen LogP contribution in [0.15, 0.2) is 34.2 Å². The van der Waals surface area contributed by atoms with Gasteiger partial charge in [0, 0.05) is 48.8 Å². The van der Waals surface area contributed by atoms with Gasteiger partial charge in [-0.2, -0.15) is 0 Å². The highest BCUT2D eigenvalue weighted by atomic mass is 32.1. The van der Waals surface area contributed by atoms with Crippen molar-refractivity contribution in [2.24, 2.45) is 10.9 Å². The minimum Gasteiger partial charge on any atom is -0.381 e. The summed E-state index contributed by atoms with van der Waals surface area (Å²) in [6.07, 6.45) is 8.89. The Morgan fingerprint density at radius 2 is 2.09 bits per heavy atom. The first-order chi connectivity index (χ1) is 11.2. The van der Waals surface area contributed by atoms with Crippen molar-refractivity contribution in [2.75, 3.05) is 13.2 Å². The average molecular weight is 330 g/mol. The Balaban J connectivity index is 1.50. The molecule has 3 aliphatic heterocycles. The number of aryl methyl sites for hydroxylation is 1. The molecule has 1 fully saturated rings. The monoisotopic (exact) mass is 330 g/mol. The van der Waals surface area contributed by atoms with Crippen molar-refractivity contribution in [1.82, 2.24) is 14.8 Å². The van der Waals surface area contributed by atoms with Gasteiger partial charge >= 0.3 is 0 Å². The maximum atomic E-state index is 5.49. The largest absolute Gasteiger partial charge is 0.381 e. The number of thiazole rings is 1. The molecule has 23 heavy (non-hydrogen) atoms. The maximum absolute atomic E-state index is 5.49. The molecule has 3 aliphatic rings. The molecule has 1 saturated heterocycles. The highest BCUT2D eigenvalue weighted by Crippen LogP contribution is 2.33. The molecule has 4 heterocycles. The molecule has 5 nitrogen and oxygen atoms in total. The molecule has 1 unspecified atom stereocenters. The fourth-order valence-electron chi connectivity index (χ4n) is 3.42. The van der Waals surface area contributed by atoms with Gasteiger partial charge in [-0.25, -0.2) is 4.98 Å². The number of aromatic nitrogens is 1. The third-order valence-electron chi connectivity index (χ3n) is 4.70. The lowest BCUT2D eigenvalue weighted by molar-refractivity contribution is 0.0448. The number of hydrogen-bond donors (Lipinski definition) is 0. The summed E-state index contributed by atoms with van der Waals surface area (Å²) in [6.45, 7) is 6.75. The van der Waals surface area contributed by atoms with Crippen molar-refractivity contribution < 1.29 is 4.74 Å². The first-order valence-corrected chi connectivity index (χ1v) is 9.06. The van der Waals surface area contributed by atoms with E-state index in [1.54, 1.807) is 11.3 Å². The third kappa shape index (κ3) is 2.93. The highest BCUT2D eigenvalue weighted by molar-refractivity contribution is 7.09. The van der Waals surface area contributed by atoms with E-state index in [-0.39, 0.29) is 6.17 Å². The quantitative estimate of drug-likeness (QED) is 0.854. The second-order valence-electron chi connectivity index (χ2n) is 6.36. The Morgan fingerprint density at radius 3 is 2.83 bits per heavy atom. The van der Waals surface area contributed by atoms with Crippen LogP contribution in [0, 0.1) is 12.8 Å². The van der Waals surface area contributed by atoms with E-state index in [0.29, 0.717) is 5.92 Å². The number of allylic oxidation sites excluding steroid dienone is 2. The number of fused-ring (bicyclic) bond motifs is 1. The summed E-state index contributed by atoms with van der Waals surface area (Å²) in [6, 6.07) is 0. The molecule has 0 amide bonds. The van der Waals surface area contributed by atoms with Crippen LogP contribution < -0.4 is 0 Å². The van der Waals surface area contributed by atoms with Crippen LogP contribution in [0.3, 0.4) is 0 Å². The second kappa shape index (κ2) is 6.09. The Morgan fingerprint density at radius 1 is 1.26 bits per heavy atom. The molecule has 0 saturated carbocycles. The van der Waals surface area contributed by atoms with Crippen molar-refractivity contribution >= 4 is 17.6 Å². The average Bonchev–Trinajstić information content (AvgIpc) is 3.15. The zero-order valence-electron chi connectivity index (χ0n) is 13.6. The SMILES string of the molecule is CC1=CN2C(=CN1Cc1csc(C)n1)C=NC2C1CCOCC1. The Labute approximate surface area is 141 Å². The van der Waals surface area contributed by atoms with Crippen LogP contribution in [0.25, 0.3) is 0 Å². The van der Waals surface area contributed by atoms with Gasteiger partial charge in [-0.05, 0) is 26.7 Å². The summed E-state index contributed by atoms with van der Waals surface area (Å²) in [5.74, 6) is 0.586. The van der Waals surface area contributed by atoms with Crippen LogP contribution in [0.4, 0.5) is 0 Å². The van der Waals surface area contributed by atoms with Crippen molar-refractivity contribution in [1.29, 1.82) is 0 Å². The summed E-state index contributed by atoms with van der Waals surface area (Å²) in [4.78, 5) is 13.9. The molecule has 0 radical (unpaired) electrons. The smallest absolute Gasteiger partial charge is 0.128 e. The van der Waals surface area contributed by atoms with Gasteiger partial charge < -0.3 is 14.5 Å². The third-order valence-corrected chi connectivity index (χ3v) is 5.52. The lowest BCUT2D eigenvalue weighted by Crippen LogP contribution is -2.37. The molecular formula is C17H22N4OS. The number of ether oxygens (including phenoxy) is 1. The fourth-order valence-corrected chi connectivity index (χ4v) is 4.02. The van der Waals surface area contributed by atoms with E-state index >= 15 is 0 Å². The van der Waals surface area contributed by atoms with E-state index in [1.807, 2.05) is 6.21 Å². The van der Waals surface area contributed by atoms with E-state index < -0.39 is 0 Å². The molecular weight excluding hydrogens is 308 g/mol. The number of nitrogens with zero attached hydrogens (tertiary/aromatic N) is 4. The fraction of sp³-hybridized carbons (Fsp3) is 0.529. The molecule has 122 valence electrons. The summed E-state index contributed by atoms with van der Waals surface area (Å²) < 4.78 is 5.49. The van der Waals surface area contributed by atoms with E-state index in [9.17, 15) is 0 Å². The Bertz CT molecular complexity index is 672. The van der Waals surface area contributed by atoms with Gasteiger partial charge in [0.25, 0.3) is 0 Å². The molecule has 1 aromatic heterocycles. The standard InChI is InChI=1S/C17H22N4OS/c1-12-8-21-16(7-18-17(21)14-3-5-22-6-4-14)10-20(12)9-15-11-23-13(2)19-15/h7-8,10-11,14,17H,3-6,9H2,1-2H3. The summed E-state index contributed by atoms with van der Waals surface area (Å²) in [7, 11) is 0. The number of aliphatic imine (C=N–C) groups is 1. The van der Waals surface area contributed by atoms with E-state index in [4.69, 9.17) is 9.73 Å². The minimum atomic E-state index is 0.240. The Kier molecular flexibility index (Phi) is 3.95. The van der Waals surface area contributed by atoms with Crippen molar-refractivity contribution in [3.05, 3.63) is 39.9 Å². The van der Waals surface area contributed by atoms with Crippen molar-refractivity contribution in [3.63, 3.8) is 0 Å². The van der Waals surface area contributed by atoms with Crippen molar-refractivity contribution in [2.45, 2.75) is 39.4 Å². The van der Waals surface area contributed by atoms with Crippen LogP contribution in [-0.2, 0) is 11.3 Å². The van der Waals surface area contributed by atoms with Gasteiger partial charge in [-0.1, -0.05) is 0 Å². The lowest BCUT2D eigenvalue weighted by atomic mass is 9.96. The molecule has 4 rings (SSSR count). The maximum Gasteiger partial charge on any atom is 0.128 e. The molecule has 1 aromatic rings. The molecule has 6 heteroatoms. The molecule has 1 atom stereocenters. The van der Waals surface area contributed by atoms with Crippen LogP contribution in [0.2, 0.25) is 0 Å².